The van der Waals surface area contributed by atoms with E-state index in [2.05, 4.69) is 6.92 Å². The van der Waals surface area contributed by atoms with Crippen molar-refractivity contribution in [3.63, 3.8) is 0 Å². The molecule has 0 amide bonds. The van der Waals surface area contributed by atoms with E-state index in [0.29, 0.717) is 12.8 Å². The van der Waals surface area contributed by atoms with Crippen LogP contribution in [0.4, 0.5) is 0 Å². The van der Waals surface area contributed by atoms with Crippen molar-refractivity contribution in [2.75, 3.05) is 0 Å². The Morgan fingerprint density at radius 1 is 0.852 bits per heavy atom. The van der Waals surface area contributed by atoms with Gasteiger partial charge in [0.1, 0.15) is 5.60 Å². The van der Waals surface area contributed by atoms with Crippen LogP contribution in [-0.2, 0) is 14.4 Å². The Kier molecular flexibility index (Phi) is 27.3. The van der Waals surface area contributed by atoms with Gasteiger partial charge in [-0.05, 0) is 19.3 Å². The second kappa shape index (κ2) is 20.6. The maximum Gasteiger partial charge on any atom is 1.00 e. The standard InChI is InChI=1S/C17H30O7.3Na/c1-2-3-4-5-6-7-8-9-10-13(15(20)21)17(24,16(22)23)12-11-14(18)19;;;/h13,24H,2-12H2,1H3,(H,18,19)(H,20,21)(H,22,23);;;/q;3*+1/p-3. The van der Waals surface area contributed by atoms with Crippen molar-refractivity contribution in [1.82, 2.24) is 0 Å². The topological polar surface area (TPSA) is 141 Å². The third-order valence-electron chi connectivity index (χ3n) is 4.27. The van der Waals surface area contributed by atoms with Gasteiger partial charge in [-0.3, -0.25) is 0 Å². The van der Waals surface area contributed by atoms with Crippen LogP contribution in [0.1, 0.15) is 77.6 Å². The molecule has 0 heterocycles. The van der Waals surface area contributed by atoms with Gasteiger partial charge in [0.2, 0.25) is 0 Å². The zero-order chi connectivity index (χ0) is 18.6. The first-order chi connectivity index (χ1) is 11.3. The van der Waals surface area contributed by atoms with Crippen molar-refractivity contribution in [2.45, 2.75) is 83.2 Å². The van der Waals surface area contributed by atoms with Crippen LogP contribution < -0.4 is 104 Å². The number of carboxylic acids is 3. The average Bonchev–Trinajstić information content (AvgIpc) is 2.50. The van der Waals surface area contributed by atoms with Gasteiger partial charge in [0.05, 0.1) is 5.97 Å². The molecule has 0 rings (SSSR count). The molecular formula is C17H27Na3O7. The largest absolute Gasteiger partial charge is 1.00 e. The first-order valence-corrected chi connectivity index (χ1v) is 8.60. The van der Waals surface area contributed by atoms with Gasteiger partial charge in [-0.1, -0.05) is 58.3 Å². The first-order valence-electron chi connectivity index (χ1n) is 8.60. The molecule has 2 unspecified atom stereocenters. The number of carboxylic acid groups (broad SMARTS) is 3. The summed E-state index contributed by atoms with van der Waals surface area (Å²) in [5, 5.41) is 42.9. The summed E-state index contributed by atoms with van der Waals surface area (Å²) in [5.41, 5.74) is -2.76. The number of rotatable bonds is 15. The summed E-state index contributed by atoms with van der Waals surface area (Å²) in [6.45, 7) is 2.12. The fourth-order valence-corrected chi connectivity index (χ4v) is 2.75. The summed E-state index contributed by atoms with van der Waals surface area (Å²) >= 11 is 0. The van der Waals surface area contributed by atoms with Gasteiger partial charge in [0, 0.05) is 17.9 Å². The Labute approximate surface area is 227 Å². The van der Waals surface area contributed by atoms with Crippen LogP contribution in [0.25, 0.3) is 0 Å². The van der Waals surface area contributed by atoms with Crippen LogP contribution in [-0.4, -0.2) is 28.6 Å². The molecule has 0 bridgehead atoms. The van der Waals surface area contributed by atoms with Crippen LogP contribution in [0.2, 0.25) is 0 Å². The van der Waals surface area contributed by atoms with Gasteiger partial charge >= 0.3 is 88.7 Å². The molecule has 27 heavy (non-hydrogen) atoms. The molecule has 0 radical (unpaired) electrons. The molecule has 0 aromatic rings. The molecule has 0 fully saturated rings. The fraction of sp³-hybridized carbons (Fsp3) is 0.824. The van der Waals surface area contributed by atoms with Gasteiger partial charge in [-0.2, -0.15) is 0 Å². The minimum atomic E-state index is -2.76. The van der Waals surface area contributed by atoms with E-state index in [0.717, 1.165) is 32.1 Å². The van der Waals surface area contributed by atoms with E-state index < -0.39 is 42.3 Å². The molecule has 0 aromatic heterocycles. The number of unbranched alkanes of at least 4 members (excludes halogenated alkanes) is 7. The van der Waals surface area contributed by atoms with Crippen molar-refractivity contribution < 1.29 is 123 Å². The van der Waals surface area contributed by atoms with E-state index in [1.165, 1.54) is 6.42 Å². The van der Waals surface area contributed by atoms with E-state index in [4.69, 9.17) is 0 Å². The zero-order valence-electron chi connectivity index (χ0n) is 17.3. The number of carbonyl (C=O) groups excluding carboxylic acids is 3. The Morgan fingerprint density at radius 2 is 1.30 bits per heavy atom. The predicted octanol–water partition coefficient (Wildman–Crippen LogP) is -10.1. The number of hydrogen-bond acceptors (Lipinski definition) is 7. The Hall–Kier alpha value is 1.37. The summed E-state index contributed by atoms with van der Waals surface area (Å²) < 4.78 is 0. The van der Waals surface area contributed by atoms with Crippen molar-refractivity contribution >= 4 is 17.9 Å². The number of aliphatic carboxylic acids is 3. The molecule has 0 spiro atoms. The molecule has 0 aliphatic rings. The third kappa shape index (κ3) is 15.8. The van der Waals surface area contributed by atoms with Gasteiger partial charge < -0.3 is 34.8 Å². The Balaban J connectivity index is -0.000000882. The minimum absolute atomic E-state index is 0. The second-order valence-electron chi connectivity index (χ2n) is 6.22. The summed E-state index contributed by atoms with van der Waals surface area (Å²) in [5.74, 6) is -7.00. The molecular weight excluding hydrogens is 385 g/mol. The van der Waals surface area contributed by atoms with E-state index in [1.807, 2.05) is 0 Å². The van der Waals surface area contributed by atoms with Gasteiger partial charge in [0.15, 0.2) is 0 Å². The smallest absolute Gasteiger partial charge is 0.550 e. The quantitative estimate of drug-likeness (QED) is 0.208. The molecule has 0 aliphatic heterocycles. The van der Waals surface area contributed by atoms with Crippen LogP contribution in [0.3, 0.4) is 0 Å². The monoisotopic (exact) mass is 412 g/mol. The number of hydrogen-bond donors (Lipinski definition) is 1. The molecule has 1 N–H and O–H groups in total. The normalized spacial score (nSPS) is 13.1. The maximum absolute atomic E-state index is 11.2. The SMILES string of the molecule is CCCCCCCCCCC(C(=O)[O-])C(O)(CCC(=O)[O-])C(=O)[O-].[Na+].[Na+].[Na+]. The van der Waals surface area contributed by atoms with Crippen LogP contribution in [0.15, 0.2) is 0 Å². The maximum atomic E-state index is 11.2. The molecule has 0 aromatic carbocycles. The first kappa shape index (κ1) is 35.8. The van der Waals surface area contributed by atoms with E-state index in [9.17, 15) is 34.8 Å². The van der Waals surface area contributed by atoms with Gasteiger partial charge in [-0.15, -0.1) is 0 Å². The Morgan fingerprint density at radius 3 is 1.67 bits per heavy atom. The zero-order valence-corrected chi connectivity index (χ0v) is 23.3. The minimum Gasteiger partial charge on any atom is -0.550 e. The Bertz CT molecular complexity index is 421. The third-order valence-corrected chi connectivity index (χ3v) is 4.27. The number of aliphatic hydroxyl groups is 1. The van der Waals surface area contributed by atoms with E-state index in [1.54, 1.807) is 0 Å². The molecule has 140 valence electrons. The van der Waals surface area contributed by atoms with Gasteiger partial charge in [0.25, 0.3) is 0 Å². The van der Waals surface area contributed by atoms with Crippen LogP contribution >= 0.6 is 0 Å². The van der Waals surface area contributed by atoms with Crippen LogP contribution in [0.5, 0.6) is 0 Å². The van der Waals surface area contributed by atoms with Crippen molar-refractivity contribution in [2.24, 2.45) is 5.92 Å². The molecule has 2 atom stereocenters. The van der Waals surface area contributed by atoms with Crippen molar-refractivity contribution in [1.29, 1.82) is 0 Å². The molecule has 0 aliphatic carbocycles. The summed E-state index contributed by atoms with van der Waals surface area (Å²) in [4.78, 5) is 32.8. The average molecular weight is 412 g/mol. The predicted molar refractivity (Wildman–Crippen MR) is 79.9 cm³/mol. The fourth-order valence-electron chi connectivity index (χ4n) is 2.75. The molecule has 7 nitrogen and oxygen atoms in total. The van der Waals surface area contributed by atoms with Crippen LogP contribution in [0, 0.1) is 5.92 Å². The van der Waals surface area contributed by atoms with Crippen molar-refractivity contribution in [3.05, 3.63) is 0 Å². The molecule has 0 saturated heterocycles. The van der Waals surface area contributed by atoms with E-state index in [-0.39, 0.29) is 95.1 Å². The summed E-state index contributed by atoms with van der Waals surface area (Å²) in [6, 6.07) is 0. The summed E-state index contributed by atoms with van der Waals surface area (Å²) in [6.07, 6.45) is 5.97. The van der Waals surface area contributed by atoms with E-state index >= 15 is 0 Å². The summed E-state index contributed by atoms with van der Waals surface area (Å²) in [7, 11) is 0. The van der Waals surface area contributed by atoms with Crippen molar-refractivity contribution in [3.8, 4) is 0 Å². The molecule has 0 saturated carbocycles. The molecule has 10 heteroatoms. The second-order valence-corrected chi connectivity index (χ2v) is 6.22. The number of carbonyl (C=O) groups is 3. The van der Waals surface area contributed by atoms with Gasteiger partial charge in [-0.25, -0.2) is 0 Å².